The van der Waals surface area contributed by atoms with E-state index in [1.165, 1.54) is 23.5 Å². The quantitative estimate of drug-likeness (QED) is 0.254. The van der Waals surface area contributed by atoms with Gasteiger partial charge in [-0.15, -0.1) is 6.42 Å². The van der Waals surface area contributed by atoms with Crippen molar-refractivity contribution in [3.63, 3.8) is 0 Å². The zero-order valence-corrected chi connectivity index (χ0v) is 16.6. The first-order valence-electron chi connectivity index (χ1n) is 9.06. The van der Waals surface area contributed by atoms with E-state index in [1.54, 1.807) is 34.9 Å². The van der Waals surface area contributed by atoms with Gasteiger partial charge in [-0.05, 0) is 36.8 Å². The Balaban J connectivity index is 1.94. The molecule has 0 saturated carbocycles. The lowest BCUT2D eigenvalue weighted by atomic mass is 10.2. The monoisotopic (exact) mass is 409 g/mol. The summed E-state index contributed by atoms with van der Waals surface area (Å²) in [4.78, 5) is 27.8. The zero-order valence-electron chi connectivity index (χ0n) is 15.8. The average molecular weight is 409 g/mol. The average Bonchev–Trinajstić information content (AvgIpc) is 3.05. The second-order valence-electron chi connectivity index (χ2n) is 6.23. The lowest BCUT2D eigenvalue weighted by Crippen LogP contribution is -2.16. The molecule has 0 spiro atoms. The van der Waals surface area contributed by atoms with Crippen molar-refractivity contribution in [2.24, 2.45) is 4.99 Å². The number of terminal acetylenes is 1. The Labute approximate surface area is 171 Å². The van der Waals surface area contributed by atoms with Gasteiger partial charge in [0.05, 0.1) is 28.3 Å². The minimum Gasteiger partial charge on any atom is -0.494 e. The molecule has 148 valence electrons. The Morgan fingerprint density at radius 2 is 2.07 bits per heavy atom. The number of fused-ring (bicyclic) bond motifs is 1. The third-order valence-corrected chi connectivity index (χ3v) is 5.25. The molecule has 1 amide bonds. The number of ether oxygens (including phenoxy) is 1. The molecule has 0 unspecified atom stereocenters. The summed E-state index contributed by atoms with van der Waals surface area (Å²) >= 11 is 1.26. The van der Waals surface area contributed by atoms with Gasteiger partial charge in [0.2, 0.25) is 0 Å². The molecular formula is C21H19N3O4S. The van der Waals surface area contributed by atoms with Gasteiger partial charge >= 0.3 is 0 Å². The molecule has 0 aliphatic rings. The van der Waals surface area contributed by atoms with Gasteiger partial charge in [-0.2, -0.15) is 4.99 Å². The second kappa shape index (κ2) is 9.17. The van der Waals surface area contributed by atoms with Crippen LogP contribution in [0.2, 0.25) is 0 Å². The van der Waals surface area contributed by atoms with Crippen LogP contribution in [0.15, 0.2) is 47.5 Å². The van der Waals surface area contributed by atoms with E-state index >= 15 is 0 Å². The highest BCUT2D eigenvalue weighted by Crippen LogP contribution is 2.23. The Morgan fingerprint density at radius 3 is 2.72 bits per heavy atom. The number of aromatic nitrogens is 1. The maximum absolute atomic E-state index is 12.6. The number of hydrogen-bond donors (Lipinski definition) is 0. The SMILES string of the molecule is C#CCn1c(=NC(=O)c2ccc(OCCCC)cc2)sc2ccc([N+](=O)[O-])cc21. The summed E-state index contributed by atoms with van der Waals surface area (Å²) in [6.07, 6.45) is 7.46. The van der Waals surface area contributed by atoms with Crippen LogP contribution in [-0.4, -0.2) is 22.0 Å². The normalized spacial score (nSPS) is 11.4. The van der Waals surface area contributed by atoms with Crippen LogP contribution in [0.4, 0.5) is 5.69 Å². The van der Waals surface area contributed by atoms with Crippen molar-refractivity contribution in [1.82, 2.24) is 4.57 Å². The Hall–Kier alpha value is -3.44. The van der Waals surface area contributed by atoms with E-state index in [-0.39, 0.29) is 12.2 Å². The standard InChI is InChI=1S/C21H19N3O4S/c1-3-5-13-28-17-9-6-15(7-10-17)20(25)22-21-23(12-4-2)18-14-16(24(26)27)8-11-19(18)29-21/h2,6-11,14H,3,5,12-13H2,1H3. The molecule has 0 atom stereocenters. The summed E-state index contributed by atoms with van der Waals surface area (Å²) in [7, 11) is 0. The maximum atomic E-state index is 12.6. The molecule has 7 nitrogen and oxygen atoms in total. The highest BCUT2D eigenvalue weighted by molar-refractivity contribution is 7.16. The van der Waals surface area contributed by atoms with Crippen LogP contribution in [0.3, 0.4) is 0 Å². The summed E-state index contributed by atoms with van der Waals surface area (Å²) in [6.45, 7) is 2.87. The van der Waals surface area contributed by atoms with Gasteiger partial charge in [-0.25, -0.2) is 0 Å². The van der Waals surface area contributed by atoms with E-state index in [4.69, 9.17) is 11.2 Å². The number of unbranched alkanes of at least 4 members (excludes halogenated alkanes) is 1. The number of rotatable bonds is 7. The first-order valence-corrected chi connectivity index (χ1v) is 9.88. The number of nitro groups is 1. The number of amides is 1. The predicted octanol–water partition coefficient (Wildman–Crippen LogP) is 4.16. The van der Waals surface area contributed by atoms with Crippen LogP contribution in [0.5, 0.6) is 5.75 Å². The van der Waals surface area contributed by atoms with Crippen molar-refractivity contribution in [2.45, 2.75) is 26.3 Å². The molecule has 0 saturated heterocycles. The number of benzene rings is 2. The van der Waals surface area contributed by atoms with Gasteiger partial charge in [0.25, 0.3) is 11.6 Å². The number of hydrogen-bond acceptors (Lipinski definition) is 5. The van der Waals surface area contributed by atoms with Crippen molar-refractivity contribution in [2.75, 3.05) is 6.61 Å². The Bertz CT molecular complexity index is 1150. The van der Waals surface area contributed by atoms with Crippen LogP contribution in [-0.2, 0) is 6.54 Å². The minimum absolute atomic E-state index is 0.0439. The number of nitrogens with zero attached hydrogens (tertiary/aromatic N) is 3. The van der Waals surface area contributed by atoms with E-state index in [0.717, 1.165) is 17.5 Å². The summed E-state index contributed by atoms with van der Waals surface area (Å²) in [5.74, 6) is 2.79. The van der Waals surface area contributed by atoms with Crippen molar-refractivity contribution < 1.29 is 14.5 Å². The molecule has 2 aromatic carbocycles. The number of nitro benzene ring substituents is 1. The molecule has 0 bridgehead atoms. The van der Waals surface area contributed by atoms with Crippen LogP contribution >= 0.6 is 11.3 Å². The number of carbonyl (C=O) groups is 1. The topological polar surface area (TPSA) is 86.7 Å². The van der Waals surface area contributed by atoms with Gasteiger partial charge in [0.1, 0.15) is 5.75 Å². The molecule has 3 rings (SSSR count). The summed E-state index contributed by atoms with van der Waals surface area (Å²) in [5, 5.41) is 11.1. The first-order chi connectivity index (χ1) is 14.0. The smallest absolute Gasteiger partial charge is 0.279 e. The van der Waals surface area contributed by atoms with E-state index < -0.39 is 10.8 Å². The van der Waals surface area contributed by atoms with Gasteiger partial charge in [-0.3, -0.25) is 14.9 Å². The Kier molecular flexibility index (Phi) is 6.42. The molecule has 0 aliphatic heterocycles. The Morgan fingerprint density at radius 1 is 1.31 bits per heavy atom. The number of thiazole rings is 1. The maximum Gasteiger partial charge on any atom is 0.279 e. The molecule has 0 radical (unpaired) electrons. The van der Waals surface area contributed by atoms with Crippen LogP contribution in [0, 0.1) is 22.5 Å². The van der Waals surface area contributed by atoms with Crippen molar-refractivity contribution in [3.05, 3.63) is 62.9 Å². The third kappa shape index (κ3) is 4.70. The third-order valence-electron chi connectivity index (χ3n) is 4.19. The molecule has 8 heteroatoms. The van der Waals surface area contributed by atoms with Gasteiger partial charge in [0, 0.05) is 17.7 Å². The largest absolute Gasteiger partial charge is 0.494 e. The van der Waals surface area contributed by atoms with E-state index in [2.05, 4.69) is 17.8 Å². The lowest BCUT2D eigenvalue weighted by molar-refractivity contribution is -0.384. The van der Waals surface area contributed by atoms with Crippen molar-refractivity contribution in [1.29, 1.82) is 0 Å². The van der Waals surface area contributed by atoms with Crippen LogP contribution in [0.1, 0.15) is 30.1 Å². The highest BCUT2D eigenvalue weighted by atomic mass is 32.1. The minimum atomic E-state index is -0.469. The second-order valence-corrected chi connectivity index (χ2v) is 7.24. The lowest BCUT2D eigenvalue weighted by Gasteiger charge is -2.05. The van der Waals surface area contributed by atoms with Crippen LogP contribution in [0.25, 0.3) is 10.2 Å². The summed E-state index contributed by atoms with van der Waals surface area (Å²) in [6, 6.07) is 11.3. The molecule has 0 N–H and O–H groups in total. The van der Waals surface area contributed by atoms with Gasteiger partial charge in [-0.1, -0.05) is 30.6 Å². The molecule has 0 fully saturated rings. The van der Waals surface area contributed by atoms with E-state index in [0.29, 0.717) is 28.2 Å². The van der Waals surface area contributed by atoms with Gasteiger partial charge < -0.3 is 9.30 Å². The predicted molar refractivity (Wildman–Crippen MR) is 112 cm³/mol. The molecule has 1 aromatic heterocycles. The zero-order chi connectivity index (χ0) is 20.8. The fourth-order valence-corrected chi connectivity index (χ4v) is 3.69. The van der Waals surface area contributed by atoms with E-state index in [9.17, 15) is 14.9 Å². The van der Waals surface area contributed by atoms with Gasteiger partial charge in [0.15, 0.2) is 4.80 Å². The summed E-state index contributed by atoms with van der Waals surface area (Å²) in [5.41, 5.74) is 0.953. The van der Waals surface area contributed by atoms with Crippen molar-refractivity contribution >= 4 is 33.1 Å². The fraction of sp³-hybridized carbons (Fsp3) is 0.238. The number of carbonyl (C=O) groups excluding carboxylic acids is 1. The molecule has 29 heavy (non-hydrogen) atoms. The molecule has 3 aromatic rings. The first kappa shape index (κ1) is 20.3. The molecular weight excluding hydrogens is 390 g/mol. The summed E-state index contributed by atoms with van der Waals surface area (Å²) < 4.78 is 7.99. The van der Waals surface area contributed by atoms with Crippen LogP contribution < -0.4 is 9.54 Å². The fourth-order valence-electron chi connectivity index (χ4n) is 2.68. The number of non-ortho nitro benzene ring substituents is 1. The van der Waals surface area contributed by atoms with E-state index in [1.807, 2.05) is 0 Å². The van der Waals surface area contributed by atoms with Crippen molar-refractivity contribution in [3.8, 4) is 18.1 Å². The molecule has 0 aliphatic carbocycles. The molecule has 1 heterocycles. The highest BCUT2D eigenvalue weighted by Gasteiger charge is 2.13.